The predicted molar refractivity (Wildman–Crippen MR) is 141 cm³/mol. The van der Waals surface area contributed by atoms with E-state index in [9.17, 15) is 9.59 Å². The second-order valence-electron chi connectivity index (χ2n) is 9.91. The smallest absolute Gasteiger partial charge is 0.338 e. The van der Waals surface area contributed by atoms with Crippen molar-refractivity contribution in [1.82, 2.24) is 0 Å². The van der Waals surface area contributed by atoms with Crippen molar-refractivity contribution in [3.05, 3.63) is 84.0 Å². The van der Waals surface area contributed by atoms with Crippen LogP contribution in [0.3, 0.4) is 0 Å². The van der Waals surface area contributed by atoms with Crippen LogP contribution in [0.1, 0.15) is 83.3 Å². The average Bonchev–Trinajstić information content (AvgIpc) is 2.85. The van der Waals surface area contributed by atoms with E-state index in [1.54, 1.807) is 13.8 Å². The molecule has 0 atom stereocenters. The first kappa shape index (κ1) is 26.5. The molecule has 1 saturated carbocycles. The molecule has 186 valence electrons. The van der Waals surface area contributed by atoms with Crippen molar-refractivity contribution in [1.29, 1.82) is 0 Å². The third-order valence-electron chi connectivity index (χ3n) is 7.11. The van der Waals surface area contributed by atoms with E-state index in [4.69, 9.17) is 9.47 Å². The van der Waals surface area contributed by atoms with E-state index in [1.165, 1.54) is 49.7 Å². The standard InChI is InChI=1S/C31H38O4/c1-6-7-8-9-24-18-20-31(21-19-24,25-10-14-27(15-11-25)34-29(32)22(2)3)26-12-16-28(17-13-26)35-30(33)23(4)5/h10-17,24H,2,4,6-9,18-21H2,1,3,5H3. The fraction of sp³-hybridized carbons (Fsp3) is 0.419. The highest BCUT2D eigenvalue weighted by atomic mass is 16.5. The zero-order valence-electron chi connectivity index (χ0n) is 21.4. The van der Waals surface area contributed by atoms with Crippen LogP contribution >= 0.6 is 0 Å². The number of carbonyl (C=O) groups is 2. The molecule has 0 radical (unpaired) electrons. The summed E-state index contributed by atoms with van der Waals surface area (Å²) >= 11 is 0. The summed E-state index contributed by atoms with van der Waals surface area (Å²) in [5.74, 6) is 0.973. The average molecular weight is 475 g/mol. The molecule has 35 heavy (non-hydrogen) atoms. The predicted octanol–water partition coefficient (Wildman–Crippen LogP) is 7.71. The van der Waals surface area contributed by atoms with Crippen LogP contribution in [0.4, 0.5) is 0 Å². The molecular formula is C31H38O4. The number of esters is 2. The maximum atomic E-state index is 11.9. The van der Waals surface area contributed by atoms with Gasteiger partial charge >= 0.3 is 11.9 Å². The summed E-state index contributed by atoms with van der Waals surface area (Å²) in [6, 6.07) is 15.8. The molecule has 4 heteroatoms. The molecule has 2 aromatic rings. The van der Waals surface area contributed by atoms with Crippen molar-refractivity contribution in [2.75, 3.05) is 0 Å². The van der Waals surface area contributed by atoms with E-state index in [0.717, 1.165) is 18.8 Å². The summed E-state index contributed by atoms with van der Waals surface area (Å²) in [6.45, 7) is 12.8. The van der Waals surface area contributed by atoms with Crippen molar-refractivity contribution < 1.29 is 19.1 Å². The van der Waals surface area contributed by atoms with Gasteiger partial charge in [-0.05, 0) is 80.8 Å². The Labute approximate surface area is 210 Å². The van der Waals surface area contributed by atoms with Crippen LogP contribution in [0.2, 0.25) is 0 Å². The van der Waals surface area contributed by atoms with E-state index >= 15 is 0 Å². The third kappa shape index (κ3) is 6.72. The second-order valence-corrected chi connectivity index (χ2v) is 9.91. The molecule has 0 saturated heterocycles. The lowest BCUT2D eigenvalue weighted by atomic mass is 9.62. The molecule has 0 aliphatic heterocycles. The van der Waals surface area contributed by atoms with Gasteiger partial charge in [-0.1, -0.05) is 70.0 Å². The Hall–Kier alpha value is -3.14. The van der Waals surface area contributed by atoms with Crippen molar-refractivity contribution in [2.45, 2.75) is 77.6 Å². The van der Waals surface area contributed by atoms with Crippen LogP contribution in [0.5, 0.6) is 11.5 Å². The van der Waals surface area contributed by atoms with Crippen molar-refractivity contribution in [3.8, 4) is 11.5 Å². The molecule has 0 amide bonds. The van der Waals surface area contributed by atoms with Crippen molar-refractivity contribution in [3.63, 3.8) is 0 Å². The number of hydrogen-bond donors (Lipinski definition) is 0. The Bertz CT molecular complexity index is 965. The lowest BCUT2D eigenvalue weighted by Gasteiger charge is -2.41. The van der Waals surface area contributed by atoms with Gasteiger partial charge in [-0.2, -0.15) is 0 Å². The maximum Gasteiger partial charge on any atom is 0.338 e. The van der Waals surface area contributed by atoms with Gasteiger partial charge < -0.3 is 9.47 Å². The summed E-state index contributed by atoms with van der Waals surface area (Å²) in [5.41, 5.74) is 3.05. The summed E-state index contributed by atoms with van der Waals surface area (Å²) in [4.78, 5) is 23.8. The molecule has 4 nitrogen and oxygen atoms in total. The van der Waals surface area contributed by atoms with E-state index in [2.05, 4.69) is 44.3 Å². The minimum absolute atomic E-state index is 0.130. The van der Waals surface area contributed by atoms with Gasteiger partial charge in [0.2, 0.25) is 0 Å². The first-order chi connectivity index (χ1) is 16.7. The Kier molecular flexibility index (Phi) is 9.08. The highest BCUT2D eigenvalue weighted by Crippen LogP contribution is 2.48. The maximum absolute atomic E-state index is 11.9. The number of ether oxygens (including phenoxy) is 2. The SMILES string of the molecule is C=C(C)C(=O)Oc1ccc(C2(c3ccc(OC(=O)C(=C)C)cc3)CCC(CCCCC)CC2)cc1. The Morgan fingerprint density at radius 3 is 1.60 bits per heavy atom. The zero-order valence-corrected chi connectivity index (χ0v) is 21.4. The normalized spacial score (nSPS) is 15.3. The van der Waals surface area contributed by atoms with E-state index in [-0.39, 0.29) is 5.41 Å². The largest absolute Gasteiger partial charge is 0.423 e. The number of unbranched alkanes of at least 4 members (excludes halogenated alkanes) is 2. The lowest BCUT2D eigenvalue weighted by Crippen LogP contribution is -2.33. The van der Waals surface area contributed by atoms with Gasteiger partial charge in [-0.25, -0.2) is 9.59 Å². The fourth-order valence-electron chi connectivity index (χ4n) is 4.96. The first-order valence-electron chi connectivity index (χ1n) is 12.7. The van der Waals surface area contributed by atoms with Crippen LogP contribution in [0.25, 0.3) is 0 Å². The summed E-state index contributed by atoms with van der Waals surface area (Å²) in [5, 5.41) is 0. The number of benzene rings is 2. The van der Waals surface area contributed by atoms with Crippen LogP contribution in [0, 0.1) is 5.92 Å². The van der Waals surface area contributed by atoms with Gasteiger partial charge in [-0.15, -0.1) is 0 Å². The molecule has 0 bridgehead atoms. The van der Waals surface area contributed by atoms with Gasteiger partial charge in [-0.3, -0.25) is 0 Å². The molecule has 0 unspecified atom stereocenters. The molecule has 0 aromatic heterocycles. The zero-order chi connectivity index (χ0) is 25.4. The minimum Gasteiger partial charge on any atom is -0.423 e. The Balaban J connectivity index is 1.86. The van der Waals surface area contributed by atoms with Crippen LogP contribution < -0.4 is 9.47 Å². The number of hydrogen-bond acceptors (Lipinski definition) is 4. The van der Waals surface area contributed by atoms with E-state index in [1.807, 2.05) is 24.3 Å². The molecule has 1 aliphatic rings. The minimum atomic E-state index is -0.417. The molecule has 0 heterocycles. The third-order valence-corrected chi connectivity index (χ3v) is 7.11. The Morgan fingerprint density at radius 2 is 1.23 bits per heavy atom. The highest BCUT2D eigenvalue weighted by Gasteiger charge is 2.38. The monoisotopic (exact) mass is 474 g/mol. The summed E-state index contributed by atoms with van der Waals surface area (Å²) in [6.07, 6.45) is 9.64. The molecule has 1 aliphatic carbocycles. The lowest BCUT2D eigenvalue weighted by molar-refractivity contribution is -0.130. The van der Waals surface area contributed by atoms with Crippen LogP contribution in [-0.4, -0.2) is 11.9 Å². The van der Waals surface area contributed by atoms with E-state index < -0.39 is 11.9 Å². The van der Waals surface area contributed by atoms with E-state index in [0.29, 0.717) is 22.6 Å². The molecule has 2 aromatic carbocycles. The van der Waals surface area contributed by atoms with Crippen LogP contribution in [0.15, 0.2) is 72.8 Å². The molecule has 1 fully saturated rings. The van der Waals surface area contributed by atoms with Gasteiger partial charge in [0.15, 0.2) is 0 Å². The fourth-order valence-corrected chi connectivity index (χ4v) is 4.96. The first-order valence-corrected chi connectivity index (χ1v) is 12.7. The van der Waals surface area contributed by atoms with Gasteiger partial charge in [0.05, 0.1) is 0 Å². The highest BCUT2D eigenvalue weighted by molar-refractivity contribution is 5.89. The molecule has 3 rings (SSSR count). The summed E-state index contributed by atoms with van der Waals surface area (Å²) in [7, 11) is 0. The molecule has 0 spiro atoms. The van der Waals surface area contributed by atoms with Crippen molar-refractivity contribution in [2.24, 2.45) is 5.92 Å². The summed E-state index contributed by atoms with van der Waals surface area (Å²) < 4.78 is 10.8. The second kappa shape index (κ2) is 12.0. The topological polar surface area (TPSA) is 52.6 Å². The van der Waals surface area contributed by atoms with Gasteiger partial charge in [0.25, 0.3) is 0 Å². The molecule has 0 N–H and O–H groups in total. The van der Waals surface area contributed by atoms with Gasteiger partial charge in [0.1, 0.15) is 11.5 Å². The molecular weight excluding hydrogens is 436 g/mol. The quantitative estimate of drug-likeness (QED) is 0.153. The van der Waals surface area contributed by atoms with Crippen LogP contribution in [-0.2, 0) is 15.0 Å². The van der Waals surface area contributed by atoms with Crippen molar-refractivity contribution >= 4 is 11.9 Å². The Morgan fingerprint density at radius 1 is 0.800 bits per heavy atom. The number of rotatable bonds is 10. The number of carbonyl (C=O) groups excluding carboxylic acids is 2. The van der Waals surface area contributed by atoms with Gasteiger partial charge in [0, 0.05) is 16.6 Å².